The van der Waals surface area contributed by atoms with Crippen LogP contribution in [0.1, 0.15) is 51.4 Å². The molecule has 3 N–H and O–H groups in total. The van der Waals surface area contributed by atoms with Crippen molar-refractivity contribution in [3.8, 4) is 0 Å². The zero-order chi connectivity index (χ0) is 17.6. The summed E-state index contributed by atoms with van der Waals surface area (Å²) in [5.41, 5.74) is 0.586. The lowest BCUT2D eigenvalue weighted by Crippen LogP contribution is -2.39. The molecule has 2 amide bonds. The van der Waals surface area contributed by atoms with Crippen molar-refractivity contribution in [2.24, 2.45) is 11.3 Å². The van der Waals surface area contributed by atoms with E-state index in [0.29, 0.717) is 17.7 Å². The first-order valence-corrected chi connectivity index (χ1v) is 7.98. The fourth-order valence-electron chi connectivity index (χ4n) is 2.02. The van der Waals surface area contributed by atoms with Gasteiger partial charge in [-0.1, -0.05) is 40.7 Å². The second-order valence-corrected chi connectivity index (χ2v) is 7.12. The molecule has 0 spiro atoms. The third-order valence-corrected chi connectivity index (χ3v) is 3.63. The van der Waals surface area contributed by atoms with E-state index in [1.807, 2.05) is 34.6 Å². The minimum absolute atomic E-state index is 0.0325. The van der Waals surface area contributed by atoms with Gasteiger partial charge in [-0.3, -0.25) is 9.59 Å². The SMILES string of the molecule is CC(C)C(CCO)NC(=O)c1cccc(NC(=O)C(C)(C)C)c1. The lowest BCUT2D eigenvalue weighted by molar-refractivity contribution is -0.123. The average Bonchev–Trinajstić information content (AvgIpc) is 2.45. The molecule has 0 aliphatic carbocycles. The lowest BCUT2D eigenvalue weighted by atomic mass is 9.95. The molecule has 23 heavy (non-hydrogen) atoms. The minimum atomic E-state index is -0.498. The minimum Gasteiger partial charge on any atom is -0.396 e. The number of benzene rings is 1. The number of carbonyl (C=O) groups is 2. The summed E-state index contributed by atoms with van der Waals surface area (Å²) < 4.78 is 0. The van der Waals surface area contributed by atoms with Crippen LogP contribution in [0.15, 0.2) is 24.3 Å². The third kappa shape index (κ3) is 6.02. The fourth-order valence-corrected chi connectivity index (χ4v) is 2.02. The first-order chi connectivity index (χ1) is 10.6. The van der Waals surface area contributed by atoms with Crippen LogP contribution in [-0.4, -0.2) is 29.6 Å². The van der Waals surface area contributed by atoms with Crippen molar-refractivity contribution in [2.45, 2.75) is 47.1 Å². The maximum Gasteiger partial charge on any atom is 0.251 e. The van der Waals surface area contributed by atoms with Gasteiger partial charge in [-0.15, -0.1) is 0 Å². The number of anilines is 1. The van der Waals surface area contributed by atoms with Crippen molar-refractivity contribution in [3.63, 3.8) is 0 Å². The number of aliphatic hydroxyl groups is 1. The molecule has 0 saturated heterocycles. The van der Waals surface area contributed by atoms with Gasteiger partial charge in [0.2, 0.25) is 5.91 Å². The van der Waals surface area contributed by atoms with E-state index >= 15 is 0 Å². The van der Waals surface area contributed by atoms with Crippen molar-refractivity contribution in [1.29, 1.82) is 0 Å². The van der Waals surface area contributed by atoms with Crippen molar-refractivity contribution < 1.29 is 14.7 Å². The Bertz CT molecular complexity index is 547. The quantitative estimate of drug-likeness (QED) is 0.754. The van der Waals surface area contributed by atoms with E-state index in [1.54, 1.807) is 24.3 Å². The zero-order valence-corrected chi connectivity index (χ0v) is 14.6. The van der Waals surface area contributed by atoms with E-state index in [1.165, 1.54) is 0 Å². The fraction of sp³-hybridized carbons (Fsp3) is 0.556. The van der Waals surface area contributed by atoms with Gasteiger partial charge in [-0.2, -0.15) is 0 Å². The van der Waals surface area contributed by atoms with Crippen LogP contribution in [0.4, 0.5) is 5.69 Å². The average molecular weight is 320 g/mol. The van der Waals surface area contributed by atoms with Crippen LogP contribution in [0.5, 0.6) is 0 Å². The summed E-state index contributed by atoms with van der Waals surface area (Å²) in [5.74, 6) is -0.0747. The van der Waals surface area contributed by atoms with Gasteiger partial charge in [0.1, 0.15) is 0 Å². The summed E-state index contributed by atoms with van der Waals surface area (Å²) in [4.78, 5) is 24.4. The van der Waals surface area contributed by atoms with Gasteiger partial charge in [0.15, 0.2) is 0 Å². The van der Waals surface area contributed by atoms with E-state index < -0.39 is 5.41 Å². The highest BCUT2D eigenvalue weighted by Gasteiger charge is 2.22. The second kappa shape index (κ2) is 8.11. The van der Waals surface area contributed by atoms with E-state index in [2.05, 4.69) is 10.6 Å². The molecular weight excluding hydrogens is 292 g/mol. The van der Waals surface area contributed by atoms with Crippen molar-refractivity contribution in [2.75, 3.05) is 11.9 Å². The molecule has 128 valence electrons. The first kappa shape index (κ1) is 19.2. The molecule has 1 unspecified atom stereocenters. The Hall–Kier alpha value is -1.88. The molecule has 0 fully saturated rings. The Kier molecular flexibility index (Phi) is 6.76. The van der Waals surface area contributed by atoms with Gasteiger partial charge in [0.05, 0.1) is 0 Å². The van der Waals surface area contributed by atoms with E-state index in [4.69, 9.17) is 5.11 Å². The van der Waals surface area contributed by atoms with E-state index in [-0.39, 0.29) is 30.4 Å². The second-order valence-electron chi connectivity index (χ2n) is 7.12. The van der Waals surface area contributed by atoms with Crippen molar-refractivity contribution in [1.82, 2.24) is 5.32 Å². The van der Waals surface area contributed by atoms with Crippen LogP contribution in [0.3, 0.4) is 0 Å². The van der Waals surface area contributed by atoms with Crippen molar-refractivity contribution >= 4 is 17.5 Å². The molecule has 1 aromatic rings. The Morgan fingerprint density at radius 1 is 1.22 bits per heavy atom. The Morgan fingerprint density at radius 2 is 1.87 bits per heavy atom. The van der Waals surface area contributed by atoms with Crippen LogP contribution in [-0.2, 0) is 4.79 Å². The maximum atomic E-state index is 12.4. The number of aliphatic hydroxyl groups excluding tert-OH is 1. The smallest absolute Gasteiger partial charge is 0.251 e. The highest BCUT2D eigenvalue weighted by molar-refractivity contribution is 5.98. The first-order valence-electron chi connectivity index (χ1n) is 7.98. The predicted octanol–water partition coefficient (Wildman–Crippen LogP) is 2.81. The summed E-state index contributed by atoms with van der Waals surface area (Å²) in [6.45, 7) is 9.54. The number of rotatable bonds is 6. The highest BCUT2D eigenvalue weighted by Crippen LogP contribution is 2.18. The molecule has 0 radical (unpaired) electrons. The topological polar surface area (TPSA) is 78.4 Å². The molecular formula is C18H28N2O3. The number of carbonyl (C=O) groups excluding carboxylic acids is 2. The van der Waals surface area contributed by atoms with Crippen LogP contribution >= 0.6 is 0 Å². The molecule has 0 aliphatic rings. The van der Waals surface area contributed by atoms with Crippen LogP contribution in [0.2, 0.25) is 0 Å². The number of hydrogen-bond acceptors (Lipinski definition) is 3. The highest BCUT2D eigenvalue weighted by atomic mass is 16.3. The Balaban J connectivity index is 2.83. The van der Waals surface area contributed by atoms with E-state index in [0.717, 1.165) is 0 Å². The lowest BCUT2D eigenvalue weighted by Gasteiger charge is -2.22. The number of nitrogens with one attached hydrogen (secondary N) is 2. The van der Waals surface area contributed by atoms with Gasteiger partial charge >= 0.3 is 0 Å². The monoisotopic (exact) mass is 320 g/mol. The van der Waals surface area contributed by atoms with Gasteiger partial charge < -0.3 is 15.7 Å². The Labute approximate surface area is 138 Å². The van der Waals surface area contributed by atoms with Gasteiger partial charge in [0, 0.05) is 29.3 Å². The van der Waals surface area contributed by atoms with Crippen molar-refractivity contribution in [3.05, 3.63) is 29.8 Å². The standard InChI is InChI=1S/C18H28N2O3/c1-12(2)15(9-10-21)20-16(22)13-7-6-8-14(11-13)19-17(23)18(3,4)5/h6-8,11-12,15,21H,9-10H2,1-5H3,(H,19,23)(H,20,22). The largest absolute Gasteiger partial charge is 0.396 e. The van der Waals surface area contributed by atoms with Crippen LogP contribution < -0.4 is 10.6 Å². The number of hydrogen-bond donors (Lipinski definition) is 3. The molecule has 0 heterocycles. The molecule has 1 rings (SSSR count). The summed E-state index contributed by atoms with van der Waals surface area (Å²) in [6, 6.07) is 6.78. The normalized spacial score (nSPS) is 12.8. The third-order valence-electron chi connectivity index (χ3n) is 3.63. The predicted molar refractivity (Wildman–Crippen MR) is 92.3 cm³/mol. The van der Waals surface area contributed by atoms with Crippen LogP contribution in [0.25, 0.3) is 0 Å². The molecule has 5 nitrogen and oxygen atoms in total. The van der Waals surface area contributed by atoms with Gasteiger partial charge in [-0.05, 0) is 30.5 Å². The Morgan fingerprint density at radius 3 is 2.39 bits per heavy atom. The molecule has 1 atom stereocenters. The molecule has 0 saturated carbocycles. The summed E-state index contributed by atoms with van der Waals surface area (Å²) in [5, 5.41) is 14.8. The van der Waals surface area contributed by atoms with Crippen LogP contribution in [0, 0.1) is 11.3 Å². The summed E-state index contributed by atoms with van der Waals surface area (Å²) in [6.07, 6.45) is 0.518. The molecule has 1 aromatic carbocycles. The molecule has 0 bridgehead atoms. The molecule has 5 heteroatoms. The van der Waals surface area contributed by atoms with E-state index in [9.17, 15) is 9.59 Å². The number of amides is 2. The maximum absolute atomic E-state index is 12.4. The summed E-state index contributed by atoms with van der Waals surface area (Å²) in [7, 11) is 0. The summed E-state index contributed by atoms with van der Waals surface area (Å²) >= 11 is 0. The zero-order valence-electron chi connectivity index (χ0n) is 14.6. The van der Waals surface area contributed by atoms with Gasteiger partial charge in [0.25, 0.3) is 5.91 Å². The van der Waals surface area contributed by atoms with Gasteiger partial charge in [-0.25, -0.2) is 0 Å². The molecule has 0 aromatic heterocycles. The molecule has 0 aliphatic heterocycles.